The highest BCUT2D eigenvalue weighted by molar-refractivity contribution is 4.77. The molecule has 0 unspecified atom stereocenters. The van der Waals surface area contributed by atoms with Crippen molar-refractivity contribution >= 4 is 0 Å². The maximum Gasteiger partial charge on any atom is 0.0867 e. The Labute approximate surface area is 298 Å². The van der Waals surface area contributed by atoms with E-state index in [2.05, 4.69) is 41.5 Å². The average molecular weight is 667 g/mol. The van der Waals surface area contributed by atoms with E-state index in [0.29, 0.717) is 13.2 Å². The minimum absolute atomic E-state index is 0.295. The average Bonchev–Trinajstić information content (AvgIpc) is 3.03. The second-order valence-corrected chi connectivity index (χ2v) is 16.3. The molecule has 284 valence electrons. The van der Waals surface area contributed by atoms with Gasteiger partial charge >= 0.3 is 0 Å². The molecule has 0 radical (unpaired) electrons. The molecule has 0 fully saturated rings. The van der Waals surface area contributed by atoms with Crippen LogP contribution in [0.2, 0.25) is 0 Å². The van der Waals surface area contributed by atoms with Crippen molar-refractivity contribution < 1.29 is 14.2 Å². The van der Waals surface area contributed by atoms with Gasteiger partial charge in [-0.3, -0.25) is 0 Å². The molecule has 47 heavy (non-hydrogen) atoms. The van der Waals surface area contributed by atoms with Gasteiger partial charge in [0.25, 0.3) is 0 Å². The van der Waals surface area contributed by atoms with Gasteiger partial charge in [0.1, 0.15) is 0 Å². The minimum Gasteiger partial charge on any atom is -0.378 e. The second kappa shape index (κ2) is 35.7. The molecule has 0 saturated carbocycles. The molecule has 0 saturated heterocycles. The molecule has 0 heterocycles. The predicted molar refractivity (Wildman–Crippen MR) is 210 cm³/mol. The van der Waals surface area contributed by atoms with Crippen molar-refractivity contribution in [3.63, 3.8) is 0 Å². The largest absolute Gasteiger partial charge is 0.378 e. The number of rotatable bonds is 40. The summed E-state index contributed by atoms with van der Waals surface area (Å²) in [6, 6.07) is 0. The van der Waals surface area contributed by atoms with E-state index in [-0.39, 0.29) is 11.2 Å². The molecule has 0 aliphatic carbocycles. The van der Waals surface area contributed by atoms with Crippen molar-refractivity contribution in [2.75, 3.05) is 26.4 Å². The van der Waals surface area contributed by atoms with E-state index < -0.39 is 0 Å². The van der Waals surface area contributed by atoms with E-state index >= 15 is 0 Å². The number of unbranched alkanes of at least 4 members (excludes halogenated alkanes) is 30. The minimum atomic E-state index is -0.295. The van der Waals surface area contributed by atoms with Crippen molar-refractivity contribution in [2.24, 2.45) is 0 Å². The molecule has 3 nitrogen and oxygen atoms in total. The van der Waals surface area contributed by atoms with Gasteiger partial charge in [-0.2, -0.15) is 0 Å². The van der Waals surface area contributed by atoms with E-state index in [4.69, 9.17) is 14.2 Å². The van der Waals surface area contributed by atoms with Gasteiger partial charge in [0, 0.05) is 13.2 Å². The van der Waals surface area contributed by atoms with Gasteiger partial charge in [-0.05, 0) is 40.5 Å². The van der Waals surface area contributed by atoms with Crippen LogP contribution in [0.4, 0.5) is 0 Å². The van der Waals surface area contributed by atoms with E-state index in [1.165, 1.54) is 205 Å². The highest BCUT2D eigenvalue weighted by Crippen LogP contribution is 2.22. The highest BCUT2D eigenvalue weighted by atomic mass is 16.6. The first kappa shape index (κ1) is 46.9. The second-order valence-electron chi connectivity index (χ2n) is 16.3. The zero-order valence-corrected chi connectivity index (χ0v) is 33.7. The van der Waals surface area contributed by atoms with Gasteiger partial charge in [0.2, 0.25) is 0 Å². The fraction of sp³-hybridized carbons (Fsp3) is 1.00. The van der Waals surface area contributed by atoms with Gasteiger partial charge < -0.3 is 14.2 Å². The Morgan fingerprint density at radius 1 is 0.277 bits per heavy atom. The van der Waals surface area contributed by atoms with E-state index in [0.717, 1.165) is 13.2 Å². The first-order valence-electron chi connectivity index (χ1n) is 21.7. The lowest BCUT2D eigenvalue weighted by atomic mass is 10.0. The lowest BCUT2D eigenvalue weighted by Crippen LogP contribution is -2.43. The summed E-state index contributed by atoms with van der Waals surface area (Å²) in [7, 11) is 0. The van der Waals surface area contributed by atoms with Gasteiger partial charge in [0.05, 0.1) is 24.4 Å². The molecule has 0 bridgehead atoms. The van der Waals surface area contributed by atoms with Crippen molar-refractivity contribution in [3.05, 3.63) is 0 Å². The summed E-state index contributed by atoms with van der Waals surface area (Å²) in [5, 5.41) is 0. The standard InChI is InChI=1S/C44H90O3/c1-7-9-11-13-15-17-19-21-23-25-27-29-31-33-35-37-39-45-41-43(3,4)47-44(5,6)42-46-40-38-36-34-32-30-28-26-24-22-20-18-16-14-12-10-8-2/h7-42H2,1-6H3. The Morgan fingerprint density at radius 3 is 0.681 bits per heavy atom. The van der Waals surface area contributed by atoms with Gasteiger partial charge in [-0.25, -0.2) is 0 Å². The molecule has 3 heteroatoms. The van der Waals surface area contributed by atoms with Crippen LogP contribution in [0.5, 0.6) is 0 Å². The first-order chi connectivity index (χ1) is 22.8. The normalized spacial score (nSPS) is 12.4. The summed E-state index contributed by atoms with van der Waals surface area (Å²) in [6.07, 6.45) is 44.9. The zero-order chi connectivity index (χ0) is 34.6. The van der Waals surface area contributed by atoms with Crippen LogP contribution in [0.1, 0.15) is 247 Å². The molecule has 0 aromatic carbocycles. The Balaban J connectivity index is 3.48. The van der Waals surface area contributed by atoms with Gasteiger partial charge in [0.15, 0.2) is 0 Å². The van der Waals surface area contributed by atoms with Crippen LogP contribution in [-0.4, -0.2) is 37.6 Å². The van der Waals surface area contributed by atoms with Crippen molar-refractivity contribution in [2.45, 2.75) is 258 Å². The Kier molecular flexibility index (Phi) is 35.6. The summed E-state index contributed by atoms with van der Waals surface area (Å²) in [4.78, 5) is 0. The molecule has 0 N–H and O–H groups in total. The topological polar surface area (TPSA) is 27.7 Å². The van der Waals surface area contributed by atoms with Gasteiger partial charge in [-0.1, -0.05) is 206 Å². The molecule has 0 aromatic heterocycles. The molecule has 0 aliphatic heterocycles. The van der Waals surface area contributed by atoms with Crippen LogP contribution in [0.3, 0.4) is 0 Å². The number of ether oxygens (including phenoxy) is 3. The lowest BCUT2D eigenvalue weighted by molar-refractivity contribution is -0.173. The smallest absolute Gasteiger partial charge is 0.0867 e. The molecule has 0 amide bonds. The van der Waals surface area contributed by atoms with Crippen LogP contribution < -0.4 is 0 Å². The fourth-order valence-electron chi connectivity index (χ4n) is 6.95. The Bertz CT molecular complexity index is 537. The monoisotopic (exact) mass is 667 g/mol. The van der Waals surface area contributed by atoms with Crippen LogP contribution in [0, 0.1) is 0 Å². The fourth-order valence-corrected chi connectivity index (χ4v) is 6.95. The highest BCUT2D eigenvalue weighted by Gasteiger charge is 2.29. The third-order valence-corrected chi connectivity index (χ3v) is 9.74. The molecule has 0 rings (SSSR count). The molecule has 0 aliphatic rings. The Morgan fingerprint density at radius 2 is 0.468 bits per heavy atom. The molecule has 0 aromatic rings. The maximum absolute atomic E-state index is 6.44. The van der Waals surface area contributed by atoms with E-state index in [9.17, 15) is 0 Å². The quantitative estimate of drug-likeness (QED) is 0.0609. The van der Waals surface area contributed by atoms with Crippen LogP contribution in [0.25, 0.3) is 0 Å². The Hall–Kier alpha value is -0.120. The van der Waals surface area contributed by atoms with Crippen LogP contribution >= 0.6 is 0 Å². The molecule has 0 atom stereocenters. The van der Waals surface area contributed by atoms with Gasteiger partial charge in [-0.15, -0.1) is 0 Å². The molecule has 0 spiro atoms. The summed E-state index contributed by atoms with van der Waals surface area (Å²) in [5.74, 6) is 0. The van der Waals surface area contributed by atoms with Crippen molar-refractivity contribution in [3.8, 4) is 0 Å². The number of hydrogen-bond acceptors (Lipinski definition) is 3. The van der Waals surface area contributed by atoms with Crippen molar-refractivity contribution in [1.29, 1.82) is 0 Å². The lowest BCUT2D eigenvalue weighted by Gasteiger charge is -2.35. The van der Waals surface area contributed by atoms with Crippen LogP contribution in [0.15, 0.2) is 0 Å². The predicted octanol–water partition coefficient (Wildman–Crippen LogP) is 15.1. The SMILES string of the molecule is CCCCCCCCCCCCCCCCCCOCC(C)(C)OC(C)(C)COCCCCCCCCCCCCCCCCCC. The number of hydrogen-bond donors (Lipinski definition) is 0. The summed E-state index contributed by atoms with van der Waals surface area (Å²) in [6.45, 7) is 16.2. The summed E-state index contributed by atoms with van der Waals surface area (Å²) < 4.78 is 18.5. The van der Waals surface area contributed by atoms with Crippen LogP contribution in [-0.2, 0) is 14.2 Å². The molecular weight excluding hydrogens is 576 g/mol. The summed E-state index contributed by atoms with van der Waals surface area (Å²) >= 11 is 0. The molecular formula is C44H90O3. The summed E-state index contributed by atoms with van der Waals surface area (Å²) in [5.41, 5.74) is -0.591. The van der Waals surface area contributed by atoms with E-state index in [1.54, 1.807) is 0 Å². The maximum atomic E-state index is 6.44. The van der Waals surface area contributed by atoms with Crippen molar-refractivity contribution in [1.82, 2.24) is 0 Å². The third-order valence-electron chi connectivity index (χ3n) is 9.74. The third kappa shape index (κ3) is 38.5. The first-order valence-corrected chi connectivity index (χ1v) is 21.7. The van der Waals surface area contributed by atoms with E-state index in [1.807, 2.05) is 0 Å². The zero-order valence-electron chi connectivity index (χ0n) is 33.7.